The first-order valence-corrected chi connectivity index (χ1v) is 5.92. The number of nitrogens with zero attached hydrogens (tertiary/aromatic N) is 2. The molecule has 0 radical (unpaired) electrons. The SMILES string of the molecule is CN1CCN(c2cc(C(=O)O)ccc2Cl)CC1. The number of aromatic carboxylic acids is 1. The minimum Gasteiger partial charge on any atom is -0.478 e. The van der Waals surface area contributed by atoms with Gasteiger partial charge in [0.25, 0.3) is 0 Å². The third kappa shape index (κ3) is 2.70. The summed E-state index contributed by atoms with van der Waals surface area (Å²) in [4.78, 5) is 15.3. The highest BCUT2D eigenvalue weighted by Gasteiger charge is 2.17. The number of halogens is 1. The maximum absolute atomic E-state index is 10.9. The Morgan fingerprint density at radius 3 is 2.53 bits per heavy atom. The summed E-state index contributed by atoms with van der Waals surface area (Å²) >= 11 is 6.12. The van der Waals surface area contributed by atoms with Gasteiger partial charge in [-0.15, -0.1) is 0 Å². The predicted octanol–water partition coefficient (Wildman–Crippen LogP) is 1.79. The van der Waals surface area contributed by atoms with Crippen LogP contribution in [0.15, 0.2) is 18.2 Å². The van der Waals surface area contributed by atoms with Crippen molar-refractivity contribution in [2.24, 2.45) is 0 Å². The summed E-state index contributed by atoms with van der Waals surface area (Å²) in [6.07, 6.45) is 0. The first-order chi connectivity index (χ1) is 8.08. The molecule has 0 bridgehead atoms. The lowest BCUT2D eigenvalue weighted by Gasteiger charge is -2.34. The highest BCUT2D eigenvalue weighted by Crippen LogP contribution is 2.27. The summed E-state index contributed by atoms with van der Waals surface area (Å²) in [5, 5.41) is 9.58. The van der Waals surface area contributed by atoms with Crippen molar-refractivity contribution in [3.8, 4) is 0 Å². The quantitative estimate of drug-likeness (QED) is 0.874. The lowest BCUT2D eigenvalue weighted by molar-refractivity contribution is 0.0697. The fourth-order valence-corrected chi connectivity index (χ4v) is 2.17. The molecule has 0 aliphatic carbocycles. The molecule has 0 atom stereocenters. The molecule has 5 heteroatoms. The maximum Gasteiger partial charge on any atom is 0.335 e. The summed E-state index contributed by atoms with van der Waals surface area (Å²) in [5.41, 5.74) is 1.10. The highest BCUT2D eigenvalue weighted by atomic mass is 35.5. The van der Waals surface area contributed by atoms with E-state index in [0.717, 1.165) is 31.9 Å². The van der Waals surface area contributed by atoms with E-state index in [0.29, 0.717) is 5.02 Å². The molecule has 1 aromatic rings. The van der Waals surface area contributed by atoms with Crippen LogP contribution in [0.1, 0.15) is 10.4 Å². The predicted molar refractivity (Wildman–Crippen MR) is 68.1 cm³/mol. The molecule has 4 nitrogen and oxygen atoms in total. The second-order valence-electron chi connectivity index (χ2n) is 4.26. The molecule has 0 spiro atoms. The molecule has 2 rings (SSSR count). The van der Waals surface area contributed by atoms with Crippen LogP contribution in [0.2, 0.25) is 5.02 Å². The number of carboxylic acid groups (broad SMARTS) is 1. The van der Waals surface area contributed by atoms with Crippen molar-refractivity contribution in [3.63, 3.8) is 0 Å². The van der Waals surface area contributed by atoms with Crippen LogP contribution in [0.5, 0.6) is 0 Å². The Hall–Kier alpha value is -1.26. The molecule has 1 aromatic carbocycles. The van der Waals surface area contributed by atoms with Gasteiger partial charge in [-0.05, 0) is 25.2 Å². The van der Waals surface area contributed by atoms with E-state index in [1.807, 2.05) is 0 Å². The molecule has 0 unspecified atom stereocenters. The zero-order valence-corrected chi connectivity index (χ0v) is 10.4. The number of likely N-dealkylation sites (N-methyl/N-ethyl adjacent to an activating group) is 1. The van der Waals surface area contributed by atoms with Gasteiger partial charge >= 0.3 is 5.97 Å². The van der Waals surface area contributed by atoms with E-state index < -0.39 is 5.97 Å². The van der Waals surface area contributed by atoms with E-state index in [4.69, 9.17) is 16.7 Å². The summed E-state index contributed by atoms with van der Waals surface area (Å²) in [6.45, 7) is 3.68. The number of benzene rings is 1. The van der Waals surface area contributed by atoms with Crippen molar-refractivity contribution in [1.29, 1.82) is 0 Å². The Morgan fingerprint density at radius 2 is 1.94 bits per heavy atom. The van der Waals surface area contributed by atoms with Crippen LogP contribution in [-0.2, 0) is 0 Å². The monoisotopic (exact) mass is 254 g/mol. The van der Waals surface area contributed by atoms with Gasteiger partial charge in [0.15, 0.2) is 0 Å². The van der Waals surface area contributed by atoms with Gasteiger partial charge in [-0.25, -0.2) is 4.79 Å². The fraction of sp³-hybridized carbons (Fsp3) is 0.417. The van der Waals surface area contributed by atoms with Gasteiger partial charge in [0.2, 0.25) is 0 Å². The largest absolute Gasteiger partial charge is 0.478 e. The number of hydrogen-bond donors (Lipinski definition) is 1. The van der Waals surface area contributed by atoms with Crippen molar-refractivity contribution in [2.45, 2.75) is 0 Å². The maximum atomic E-state index is 10.9. The zero-order valence-electron chi connectivity index (χ0n) is 9.69. The second-order valence-corrected chi connectivity index (χ2v) is 4.67. The number of carbonyl (C=O) groups is 1. The Bertz CT molecular complexity index is 429. The van der Waals surface area contributed by atoms with Crippen LogP contribution in [0.25, 0.3) is 0 Å². The molecule has 0 aromatic heterocycles. The van der Waals surface area contributed by atoms with Gasteiger partial charge in [0, 0.05) is 26.2 Å². The van der Waals surface area contributed by atoms with Crippen molar-refractivity contribution in [1.82, 2.24) is 4.90 Å². The van der Waals surface area contributed by atoms with Crippen molar-refractivity contribution >= 4 is 23.3 Å². The summed E-state index contributed by atoms with van der Waals surface area (Å²) < 4.78 is 0. The molecule has 0 saturated carbocycles. The highest BCUT2D eigenvalue weighted by molar-refractivity contribution is 6.33. The molecule has 0 amide bonds. The van der Waals surface area contributed by atoms with E-state index in [9.17, 15) is 4.79 Å². The molecular weight excluding hydrogens is 240 g/mol. The van der Waals surface area contributed by atoms with E-state index in [2.05, 4.69) is 16.8 Å². The van der Waals surface area contributed by atoms with Crippen LogP contribution < -0.4 is 4.90 Å². The van der Waals surface area contributed by atoms with Crippen LogP contribution in [0.4, 0.5) is 5.69 Å². The third-order valence-corrected chi connectivity index (χ3v) is 3.36. The molecular formula is C12H15ClN2O2. The number of rotatable bonds is 2. The van der Waals surface area contributed by atoms with Crippen molar-refractivity contribution in [2.75, 3.05) is 38.1 Å². The topological polar surface area (TPSA) is 43.8 Å². The Kier molecular flexibility index (Phi) is 3.54. The van der Waals surface area contributed by atoms with Crippen molar-refractivity contribution < 1.29 is 9.90 Å². The lowest BCUT2D eigenvalue weighted by Crippen LogP contribution is -2.44. The minimum atomic E-state index is -0.919. The smallest absolute Gasteiger partial charge is 0.335 e. The third-order valence-electron chi connectivity index (χ3n) is 3.04. The molecule has 17 heavy (non-hydrogen) atoms. The lowest BCUT2D eigenvalue weighted by atomic mass is 10.1. The van der Waals surface area contributed by atoms with Crippen LogP contribution in [0, 0.1) is 0 Å². The Morgan fingerprint density at radius 1 is 1.29 bits per heavy atom. The normalized spacial score (nSPS) is 17.2. The number of hydrogen-bond acceptors (Lipinski definition) is 3. The van der Waals surface area contributed by atoms with Gasteiger partial charge in [-0.1, -0.05) is 11.6 Å². The standard InChI is InChI=1S/C12H15ClN2O2/c1-14-4-6-15(7-5-14)11-8-9(12(16)17)2-3-10(11)13/h2-3,8H,4-7H2,1H3,(H,16,17). The first kappa shape index (κ1) is 12.2. The van der Waals surface area contributed by atoms with Gasteiger partial charge in [-0.2, -0.15) is 0 Å². The Labute approximate surface area is 105 Å². The second kappa shape index (κ2) is 4.94. The van der Waals surface area contributed by atoms with Gasteiger partial charge < -0.3 is 14.9 Å². The first-order valence-electron chi connectivity index (χ1n) is 5.54. The molecule has 1 N–H and O–H groups in total. The van der Waals surface area contributed by atoms with Crippen molar-refractivity contribution in [3.05, 3.63) is 28.8 Å². The average Bonchev–Trinajstić information content (AvgIpc) is 2.31. The summed E-state index contributed by atoms with van der Waals surface area (Å²) in [7, 11) is 2.08. The molecule has 1 aliphatic heterocycles. The number of carboxylic acids is 1. The van der Waals surface area contributed by atoms with Gasteiger partial charge in [0.05, 0.1) is 16.3 Å². The van der Waals surface area contributed by atoms with E-state index in [-0.39, 0.29) is 5.56 Å². The molecule has 1 saturated heterocycles. The molecule has 1 heterocycles. The molecule has 1 fully saturated rings. The van der Waals surface area contributed by atoms with Gasteiger partial charge in [-0.3, -0.25) is 0 Å². The van der Waals surface area contributed by atoms with Crippen LogP contribution >= 0.6 is 11.6 Å². The summed E-state index contributed by atoms with van der Waals surface area (Å²) in [6, 6.07) is 4.83. The van der Waals surface area contributed by atoms with Crippen LogP contribution in [0.3, 0.4) is 0 Å². The fourth-order valence-electron chi connectivity index (χ4n) is 1.94. The molecule has 92 valence electrons. The zero-order chi connectivity index (χ0) is 12.4. The summed E-state index contributed by atoms with van der Waals surface area (Å²) in [5.74, 6) is -0.919. The van der Waals surface area contributed by atoms with E-state index in [1.54, 1.807) is 12.1 Å². The van der Waals surface area contributed by atoms with E-state index in [1.165, 1.54) is 6.07 Å². The minimum absolute atomic E-state index is 0.281. The van der Waals surface area contributed by atoms with Gasteiger partial charge in [0.1, 0.15) is 0 Å². The van der Waals surface area contributed by atoms with E-state index >= 15 is 0 Å². The number of piperazine rings is 1. The average molecular weight is 255 g/mol. The Balaban J connectivity index is 2.25. The number of anilines is 1. The van der Waals surface area contributed by atoms with Crippen LogP contribution in [-0.4, -0.2) is 49.2 Å². The molecule has 1 aliphatic rings.